The smallest absolute Gasteiger partial charge is 0.209 e. The highest BCUT2D eigenvalue weighted by Crippen LogP contribution is 1.89. The first kappa shape index (κ1) is 20.8. The van der Waals surface area contributed by atoms with Gasteiger partial charge >= 0.3 is 0 Å². The maximum atomic E-state index is 10.6. The molecule has 0 aliphatic heterocycles. The van der Waals surface area contributed by atoms with Crippen molar-refractivity contribution in [2.45, 2.75) is 26.2 Å². The van der Waals surface area contributed by atoms with Crippen molar-refractivity contribution in [2.75, 3.05) is 58.6 Å². The Balaban J connectivity index is 3.03. The fourth-order valence-electron chi connectivity index (χ4n) is 1.37. The molecule has 0 amide bonds. The van der Waals surface area contributed by atoms with Crippen LogP contribution in [0.2, 0.25) is 0 Å². The number of unbranched alkanes of at least 4 members (excludes halogenated alkanes) is 1. The zero-order chi connectivity index (χ0) is 15.8. The van der Waals surface area contributed by atoms with Gasteiger partial charge in [-0.3, -0.25) is 0 Å². The number of sulfonamides is 1. The van der Waals surface area contributed by atoms with E-state index in [2.05, 4.69) is 6.92 Å². The van der Waals surface area contributed by atoms with Crippen LogP contribution in [0.1, 0.15) is 26.2 Å². The highest BCUT2D eigenvalue weighted by Gasteiger charge is 2.01. The Labute approximate surface area is 128 Å². The molecule has 0 fully saturated rings. The fourth-order valence-corrected chi connectivity index (χ4v) is 1.89. The summed E-state index contributed by atoms with van der Waals surface area (Å²) < 4.78 is 42.4. The van der Waals surface area contributed by atoms with Gasteiger partial charge in [0.2, 0.25) is 10.0 Å². The Morgan fingerprint density at radius 2 is 1.10 bits per heavy atom. The van der Waals surface area contributed by atoms with Crippen LogP contribution in [0.25, 0.3) is 0 Å². The van der Waals surface area contributed by atoms with Crippen LogP contribution >= 0.6 is 0 Å². The van der Waals surface area contributed by atoms with Gasteiger partial charge in [0.1, 0.15) is 0 Å². The van der Waals surface area contributed by atoms with E-state index in [1.165, 1.54) is 0 Å². The third-order valence-corrected chi connectivity index (χ3v) is 3.33. The van der Waals surface area contributed by atoms with E-state index in [-0.39, 0.29) is 5.75 Å². The molecule has 0 saturated carbocycles. The molecule has 0 saturated heterocycles. The van der Waals surface area contributed by atoms with E-state index in [9.17, 15) is 8.42 Å². The molecule has 0 heterocycles. The van der Waals surface area contributed by atoms with E-state index < -0.39 is 10.0 Å². The predicted molar refractivity (Wildman–Crippen MR) is 80.8 cm³/mol. The van der Waals surface area contributed by atoms with Gasteiger partial charge in [-0.2, -0.15) is 0 Å². The van der Waals surface area contributed by atoms with Crippen molar-refractivity contribution in [2.24, 2.45) is 5.14 Å². The molecule has 0 aliphatic carbocycles. The Hall–Kier alpha value is -0.250. The molecule has 0 spiro atoms. The normalized spacial score (nSPS) is 11.9. The second-order valence-electron chi connectivity index (χ2n) is 4.52. The molecule has 0 atom stereocenters. The fraction of sp³-hybridized carbons (Fsp3) is 1.00. The van der Waals surface area contributed by atoms with Crippen molar-refractivity contribution in [1.82, 2.24) is 0 Å². The second-order valence-corrected chi connectivity index (χ2v) is 6.26. The molecule has 0 aromatic carbocycles. The van der Waals surface area contributed by atoms with Gasteiger partial charge in [-0.1, -0.05) is 13.3 Å². The molecule has 0 aromatic heterocycles. The Morgan fingerprint density at radius 1 is 0.714 bits per heavy atom. The van der Waals surface area contributed by atoms with Crippen LogP contribution in [0, 0.1) is 0 Å². The largest absolute Gasteiger partial charge is 0.379 e. The van der Waals surface area contributed by atoms with Crippen LogP contribution in [0.15, 0.2) is 0 Å². The quantitative estimate of drug-likeness (QED) is 0.415. The minimum Gasteiger partial charge on any atom is -0.379 e. The van der Waals surface area contributed by atoms with Crippen molar-refractivity contribution in [3.63, 3.8) is 0 Å². The number of ether oxygens (including phenoxy) is 4. The lowest BCUT2D eigenvalue weighted by atomic mass is 10.4. The summed E-state index contributed by atoms with van der Waals surface area (Å²) in [5.41, 5.74) is 0. The van der Waals surface area contributed by atoms with Gasteiger partial charge in [0.25, 0.3) is 0 Å². The SMILES string of the molecule is CCCCOCCOCCOCCOCCCS(N)(=O)=O. The Bertz CT molecular complexity index is 310. The summed E-state index contributed by atoms with van der Waals surface area (Å²) in [6.45, 7) is 6.42. The summed E-state index contributed by atoms with van der Waals surface area (Å²) in [6, 6.07) is 0. The topological polar surface area (TPSA) is 97.1 Å². The molecule has 0 aromatic rings. The van der Waals surface area contributed by atoms with Crippen molar-refractivity contribution >= 4 is 10.0 Å². The van der Waals surface area contributed by atoms with Crippen LogP contribution in [0.4, 0.5) is 0 Å². The van der Waals surface area contributed by atoms with Gasteiger partial charge in [0, 0.05) is 13.2 Å². The van der Waals surface area contributed by atoms with Crippen LogP contribution < -0.4 is 5.14 Å². The van der Waals surface area contributed by atoms with Gasteiger partial charge in [-0.05, 0) is 12.8 Å². The summed E-state index contributed by atoms with van der Waals surface area (Å²) >= 11 is 0. The standard InChI is InChI=1S/C13H29NO6S/c1-2-3-5-17-7-9-19-11-12-20-10-8-18-6-4-13-21(14,15)16/h2-13H2,1H3,(H2,14,15,16). The van der Waals surface area contributed by atoms with Crippen LogP contribution in [-0.2, 0) is 29.0 Å². The minimum atomic E-state index is -3.38. The van der Waals surface area contributed by atoms with Gasteiger partial charge in [-0.25, -0.2) is 13.6 Å². The molecule has 0 radical (unpaired) electrons. The van der Waals surface area contributed by atoms with Crippen molar-refractivity contribution in [3.05, 3.63) is 0 Å². The summed E-state index contributed by atoms with van der Waals surface area (Å²) in [5, 5.41) is 4.86. The molecule has 8 heteroatoms. The molecule has 0 aliphatic rings. The zero-order valence-corrected chi connectivity index (χ0v) is 13.7. The average Bonchev–Trinajstić information content (AvgIpc) is 2.42. The minimum absolute atomic E-state index is 0.0535. The molecule has 2 N–H and O–H groups in total. The van der Waals surface area contributed by atoms with Gasteiger partial charge < -0.3 is 18.9 Å². The third kappa shape index (κ3) is 19.8. The summed E-state index contributed by atoms with van der Waals surface area (Å²) in [4.78, 5) is 0. The second kappa shape index (κ2) is 14.7. The van der Waals surface area contributed by atoms with E-state index in [0.29, 0.717) is 52.7 Å². The third-order valence-electron chi connectivity index (χ3n) is 2.48. The lowest BCUT2D eigenvalue weighted by molar-refractivity contribution is -0.00191. The van der Waals surface area contributed by atoms with Crippen LogP contribution in [0.3, 0.4) is 0 Å². The highest BCUT2D eigenvalue weighted by atomic mass is 32.2. The Morgan fingerprint density at radius 3 is 1.48 bits per heavy atom. The molecular formula is C13H29NO6S. The molecule has 128 valence electrons. The first-order chi connectivity index (χ1) is 10.1. The number of hydrogen-bond donors (Lipinski definition) is 1. The highest BCUT2D eigenvalue weighted by molar-refractivity contribution is 7.89. The first-order valence-electron chi connectivity index (χ1n) is 7.37. The molecule has 0 unspecified atom stereocenters. The maximum absolute atomic E-state index is 10.6. The number of nitrogens with two attached hydrogens (primary N) is 1. The molecule has 0 rings (SSSR count). The average molecular weight is 327 g/mol. The summed E-state index contributed by atoms with van der Waals surface area (Å²) in [6.07, 6.45) is 2.62. The lowest BCUT2D eigenvalue weighted by Crippen LogP contribution is -2.18. The van der Waals surface area contributed by atoms with Crippen molar-refractivity contribution < 1.29 is 27.4 Å². The van der Waals surface area contributed by atoms with E-state index in [0.717, 1.165) is 19.4 Å². The number of primary sulfonamides is 1. The van der Waals surface area contributed by atoms with E-state index in [1.54, 1.807) is 0 Å². The molecule has 0 bridgehead atoms. The lowest BCUT2D eigenvalue weighted by Gasteiger charge is -2.07. The molecule has 7 nitrogen and oxygen atoms in total. The van der Waals surface area contributed by atoms with Crippen LogP contribution in [0.5, 0.6) is 0 Å². The summed E-state index contributed by atoms with van der Waals surface area (Å²) in [7, 11) is -3.38. The monoisotopic (exact) mass is 327 g/mol. The van der Waals surface area contributed by atoms with E-state index in [4.69, 9.17) is 24.1 Å². The summed E-state index contributed by atoms with van der Waals surface area (Å²) in [5.74, 6) is -0.0535. The Kier molecular flexibility index (Phi) is 14.5. The number of hydrogen-bond acceptors (Lipinski definition) is 6. The van der Waals surface area contributed by atoms with Crippen molar-refractivity contribution in [1.29, 1.82) is 0 Å². The molecular weight excluding hydrogens is 298 g/mol. The van der Waals surface area contributed by atoms with E-state index in [1.807, 2.05) is 0 Å². The first-order valence-corrected chi connectivity index (χ1v) is 9.09. The van der Waals surface area contributed by atoms with Crippen LogP contribution in [-0.4, -0.2) is 67.0 Å². The van der Waals surface area contributed by atoms with Crippen molar-refractivity contribution in [3.8, 4) is 0 Å². The predicted octanol–water partition coefficient (Wildman–Crippen LogP) is 0.532. The van der Waals surface area contributed by atoms with Gasteiger partial charge in [0.05, 0.1) is 45.4 Å². The zero-order valence-electron chi connectivity index (χ0n) is 12.9. The van der Waals surface area contributed by atoms with Gasteiger partial charge in [0.15, 0.2) is 0 Å². The van der Waals surface area contributed by atoms with E-state index >= 15 is 0 Å². The number of rotatable bonds is 16. The maximum Gasteiger partial charge on any atom is 0.209 e. The van der Waals surface area contributed by atoms with Gasteiger partial charge in [-0.15, -0.1) is 0 Å². The molecule has 21 heavy (non-hydrogen) atoms.